The van der Waals surface area contributed by atoms with E-state index in [0.29, 0.717) is 28.9 Å². The number of nitrogens with one attached hydrogen (secondary N) is 1. The molecule has 2 fully saturated rings. The van der Waals surface area contributed by atoms with Crippen LogP contribution >= 0.6 is 0 Å². The molecule has 2 aromatic rings. The number of H-pyrrole nitrogens is 1. The molecule has 2 aromatic heterocycles. The van der Waals surface area contributed by atoms with Crippen molar-refractivity contribution in [3.63, 3.8) is 0 Å². The molecule has 1 spiro atoms. The fourth-order valence-electron chi connectivity index (χ4n) is 4.25. The Morgan fingerprint density at radius 1 is 1.34 bits per heavy atom. The molecule has 3 heterocycles. The van der Waals surface area contributed by atoms with Gasteiger partial charge in [0, 0.05) is 18.5 Å². The zero-order valence-electron chi connectivity index (χ0n) is 17.2. The van der Waals surface area contributed by atoms with Crippen LogP contribution in [0.15, 0.2) is 17.1 Å². The van der Waals surface area contributed by atoms with Crippen molar-refractivity contribution in [2.45, 2.75) is 51.9 Å². The molecule has 1 N–H and O–H groups in total. The largest absolute Gasteiger partial charge is 0.465 e. The predicted octanol–water partition coefficient (Wildman–Crippen LogP) is 3.02. The number of carbonyl (C=O) groups excluding carboxylic acids is 1. The number of hydrogen-bond acceptors (Lipinski definition) is 6. The Morgan fingerprint density at radius 3 is 2.62 bits per heavy atom. The van der Waals surface area contributed by atoms with Crippen LogP contribution in [-0.4, -0.2) is 35.6 Å². The third-order valence-corrected chi connectivity index (χ3v) is 6.51. The van der Waals surface area contributed by atoms with Crippen LogP contribution in [-0.2, 0) is 14.9 Å². The first-order valence-corrected chi connectivity index (χ1v) is 10.2. The van der Waals surface area contributed by atoms with Gasteiger partial charge < -0.3 is 14.6 Å². The number of nitriles is 1. The molecule has 1 aliphatic carbocycles. The topological polar surface area (TPSA) is 99.1 Å². The number of fused-ring (bicyclic) bond motifs is 1. The summed E-state index contributed by atoms with van der Waals surface area (Å²) in [5.41, 5.74) is 1.04. The van der Waals surface area contributed by atoms with Crippen molar-refractivity contribution in [2.24, 2.45) is 5.41 Å². The third-order valence-electron chi connectivity index (χ3n) is 6.51. The molecule has 7 nitrogen and oxygen atoms in total. The molecule has 0 bridgehead atoms. The molecule has 1 saturated heterocycles. The van der Waals surface area contributed by atoms with Crippen LogP contribution in [0.2, 0.25) is 0 Å². The number of ether oxygens (including phenoxy) is 1. The number of aromatic nitrogens is 2. The summed E-state index contributed by atoms with van der Waals surface area (Å²) in [6.07, 6.45) is 6.30. The van der Waals surface area contributed by atoms with Crippen molar-refractivity contribution in [1.29, 1.82) is 5.26 Å². The minimum atomic E-state index is -0.940. The zero-order valence-corrected chi connectivity index (χ0v) is 17.2. The number of carbonyl (C=O) groups is 1. The number of esters is 1. The number of nitrogens with zero attached hydrogens (tertiary/aromatic N) is 3. The van der Waals surface area contributed by atoms with Crippen LogP contribution in [0.5, 0.6) is 0 Å². The SMILES string of the molecule is CCOC(=O)C(C)(C)c1cc2c(N3CCC4(CC3)CC4)c(C#N)c(=O)[nH]c2cn1. The van der Waals surface area contributed by atoms with Gasteiger partial charge in [-0.1, -0.05) is 0 Å². The second-order valence-electron chi connectivity index (χ2n) is 8.74. The Kier molecular flexibility index (Phi) is 4.60. The van der Waals surface area contributed by atoms with E-state index < -0.39 is 11.0 Å². The van der Waals surface area contributed by atoms with Gasteiger partial charge in [-0.25, -0.2) is 0 Å². The van der Waals surface area contributed by atoms with Gasteiger partial charge in [-0.3, -0.25) is 14.6 Å². The van der Waals surface area contributed by atoms with Gasteiger partial charge >= 0.3 is 5.97 Å². The second kappa shape index (κ2) is 6.87. The molecule has 4 rings (SSSR count). The summed E-state index contributed by atoms with van der Waals surface area (Å²) in [6, 6.07) is 3.91. The minimum Gasteiger partial charge on any atom is -0.465 e. The quantitative estimate of drug-likeness (QED) is 0.801. The fraction of sp³-hybridized carbons (Fsp3) is 0.545. The summed E-state index contributed by atoms with van der Waals surface area (Å²) in [6.45, 7) is 7.26. The molecule has 2 aliphatic rings. The van der Waals surface area contributed by atoms with Gasteiger partial charge in [0.1, 0.15) is 17.0 Å². The van der Waals surface area contributed by atoms with Crippen LogP contribution in [0.3, 0.4) is 0 Å². The smallest absolute Gasteiger partial charge is 0.317 e. The highest BCUT2D eigenvalue weighted by Crippen LogP contribution is 2.54. The lowest BCUT2D eigenvalue weighted by molar-refractivity contribution is -0.148. The van der Waals surface area contributed by atoms with Crippen molar-refractivity contribution >= 4 is 22.6 Å². The van der Waals surface area contributed by atoms with E-state index >= 15 is 0 Å². The van der Waals surface area contributed by atoms with Gasteiger partial charge in [0.15, 0.2) is 0 Å². The molecule has 7 heteroatoms. The van der Waals surface area contributed by atoms with Crippen molar-refractivity contribution < 1.29 is 9.53 Å². The van der Waals surface area contributed by atoms with Gasteiger partial charge in [-0.15, -0.1) is 0 Å². The first kappa shape index (κ1) is 19.4. The normalized spacial score (nSPS) is 17.9. The highest BCUT2D eigenvalue weighted by atomic mass is 16.5. The van der Waals surface area contributed by atoms with Crippen LogP contribution in [0, 0.1) is 16.7 Å². The molecule has 0 atom stereocenters. The lowest BCUT2D eigenvalue weighted by atomic mass is 9.87. The standard InChI is InChI=1S/C22H26N4O3/c1-4-29-20(28)21(2,3)17-11-14-16(13-24-17)25-19(27)15(12-23)18(14)26-9-7-22(5-6-22)8-10-26/h11,13H,4-10H2,1-3H3,(H,25,27). The maximum atomic E-state index is 12.5. The number of aromatic amines is 1. The van der Waals surface area contributed by atoms with Gasteiger partial charge in [-0.05, 0) is 57.9 Å². The maximum Gasteiger partial charge on any atom is 0.317 e. The van der Waals surface area contributed by atoms with Crippen LogP contribution in [0.25, 0.3) is 10.9 Å². The molecule has 1 aliphatic heterocycles. The molecule has 152 valence electrons. The molecule has 0 radical (unpaired) electrons. The Hall–Kier alpha value is -2.88. The first-order valence-electron chi connectivity index (χ1n) is 10.2. The fourth-order valence-corrected chi connectivity index (χ4v) is 4.25. The Labute approximate surface area is 169 Å². The number of pyridine rings is 2. The van der Waals surface area contributed by atoms with Gasteiger partial charge in [0.05, 0.1) is 29.7 Å². The monoisotopic (exact) mass is 394 g/mol. The Bertz CT molecular complexity index is 1070. The molecule has 0 amide bonds. The highest BCUT2D eigenvalue weighted by molar-refractivity contribution is 5.95. The number of anilines is 1. The van der Waals surface area contributed by atoms with E-state index in [1.807, 2.05) is 6.07 Å². The molecule has 0 aromatic carbocycles. The second-order valence-corrected chi connectivity index (χ2v) is 8.74. The Balaban J connectivity index is 1.84. The van der Waals surface area contributed by atoms with Gasteiger partial charge in [-0.2, -0.15) is 5.26 Å². The summed E-state index contributed by atoms with van der Waals surface area (Å²) in [4.78, 5) is 34.3. The van der Waals surface area contributed by atoms with E-state index in [2.05, 4.69) is 20.9 Å². The molecule has 1 saturated carbocycles. The van der Waals surface area contributed by atoms with Crippen molar-refractivity contribution in [1.82, 2.24) is 9.97 Å². The number of hydrogen-bond donors (Lipinski definition) is 1. The van der Waals surface area contributed by atoms with Gasteiger partial charge in [0.2, 0.25) is 0 Å². The summed E-state index contributed by atoms with van der Waals surface area (Å²) in [7, 11) is 0. The maximum absolute atomic E-state index is 12.5. The summed E-state index contributed by atoms with van der Waals surface area (Å²) in [5.74, 6) is -0.355. The van der Waals surface area contributed by atoms with Crippen LogP contribution in [0.4, 0.5) is 5.69 Å². The summed E-state index contributed by atoms with van der Waals surface area (Å²) >= 11 is 0. The van der Waals surface area contributed by atoms with E-state index in [1.54, 1.807) is 27.0 Å². The van der Waals surface area contributed by atoms with Gasteiger partial charge in [0.25, 0.3) is 5.56 Å². The minimum absolute atomic E-state index is 0.121. The average molecular weight is 394 g/mol. The van der Waals surface area contributed by atoms with Crippen LogP contribution in [0.1, 0.15) is 57.7 Å². The average Bonchev–Trinajstić information content (AvgIpc) is 3.46. The van der Waals surface area contributed by atoms with E-state index in [9.17, 15) is 14.9 Å². The summed E-state index contributed by atoms with van der Waals surface area (Å²) < 4.78 is 5.21. The number of piperidine rings is 1. The lowest BCUT2D eigenvalue weighted by Crippen LogP contribution is -2.36. The van der Waals surface area contributed by atoms with Crippen LogP contribution < -0.4 is 10.5 Å². The van der Waals surface area contributed by atoms with Crippen molar-refractivity contribution in [3.8, 4) is 6.07 Å². The molecule has 0 unspecified atom stereocenters. The van der Waals surface area contributed by atoms with E-state index in [4.69, 9.17) is 4.74 Å². The summed E-state index contributed by atoms with van der Waals surface area (Å²) in [5, 5.41) is 10.5. The Morgan fingerprint density at radius 2 is 2.03 bits per heavy atom. The van der Waals surface area contributed by atoms with Crippen molar-refractivity contribution in [3.05, 3.63) is 33.9 Å². The molecule has 29 heavy (non-hydrogen) atoms. The number of rotatable bonds is 4. The lowest BCUT2D eigenvalue weighted by Gasteiger charge is -2.35. The van der Waals surface area contributed by atoms with Crippen molar-refractivity contribution in [2.75, 3.05) is 24.6 Å². The van der Waals surface area contributed by atoms with E-state index in [1.165, 1.54) is 12.8 Å². The molecular weight excluding hydrogens is 368 g/mol. The first-order chi connectivity index (χ1) is 13.8. The third kappa shape index (κ3) is 3.27. The zero-order chi connectivity index (χ0) is 20.8. The van der Waals surface area contributed by atoms with E-state index in [-0.39, 0.29) is 11.5 Å². The highest BCUT2D eigenvalue weighted by Gasteiger charge is 2.45. The van der Waals surface area contributed by atoms with E-state index in [0.717, 1.165) is 31.3 Å². The molecular formula is C22H26N4O3. The predicted molar refractivity (Wildman–Crippen MR) is 110 cm³/mol.